The zero-order valence-electron chi connectivity index (χ0n) is 18.8. The fraction of sp³-hybridized carbons (Fsp3) is 0.231. The molecule has 0 saturated heterocycles. The van der Waals surface area contributed by atoms with Crippen LogP contribution in [0.3, 0.4) is 0 Å². The van der Waals surface area contributed by atoms with E-state index in [-0.39, 0.29) is 30.7 Å². The number of carbonyl (C=O) groups is 2. The highest BCUT2D eigenvalue weighted by atomic mass is 19.4. The monoisotopic (exact) mass is 484 g/mol. The molecule has 9 heteroatoms. The van der Waals surface area contributed by atoms with Crippen LogP contribution in [0.2, 0.25) is 0 Å². The van der Waals surface area contributed by atoms with Crippen LogP contribution in [0.25, 0.3) is 11.1 Å². The number of hydrogen-bond acceptors (Lipinski definition) is 4. The molecule has 182 valence electrons. The lowest BCUT2D eigenvalue weighted by Gasteiger charge is -2.25. The number of nitrogens with one attached hydrogen (secondary N) is 1. The Morgan fingerprint density at radius 2 is 1.63 bits per heavy atom. The van der Waals surface area contributed by atoms with Gasteiger partial charge in [0, 0.05) is 6.54 Å². The first-order valence-corrected chi connectivity index (χ1v) is 10.9. The van der Waals surface area contributed by atoms with Gasteiger partial charge in [-0.3, -0.25) is 9.59 Å². The summed E-state index contributed by atoms with van der Waals surface area (Å²) in [5.41, 5.74) is 2.87. The van der Waals surface area contributed by atoms with Crippen molar-refractivity contribution in [1.82, 2.24) is 4.90 Å². The molecule has 1 atom stereocenters. The quantitative estimate of drug-likeness (QED) is 0.465. The number of hydrogen-bond donors (Lipinski definition) is 1. The molecule has 0 aromatic heterocycles. The predicted octanol–water partition coefficient (Wildman–Crippen LogP) is 5.25. The number of rotatable bonds is 7. The van der Waals surface area contributed by atoms with Crippen LogP contribution in [-0.2, 0) is 16.1 Å². The third kappa shape index (κ3) is 5.99. The smallest absolute Gasteiger partial charge is 0.406 e. The minimum atomic E-state index is -4.78. The second-order valence-corrected chi connectivity index (χ2v) is 8.03. The van der Waals surface area contributed by atoms with Crippen molar-refractivity contribution in [3.8, 4) is 16.9 Å². The molecule has 4 rings (SSSR count). The number of nitrogens with zero attached hydrogens (tertiary/aromatic N) is 1. The highest BCUT2D eigenvalue weighted by molar-refractivity contribution is 6.10. The maximum atomic E-state index is 13.4. The lowest BCUT2D eigenvalue weighted by molar-refractivity contribution is -0.274. The summed E-state index contributed by atoms with van der Waals surface area (Å²) < 4.78 is 46.9. The van der Waals surface area contributed by atoms with Gasteiger partial charge in [-0.25, -0.2) is 0 Å². The first-order valence-electron chi connectivity index (χ1n) is 10.9. The van der Waals surface area contributed by atoms with Crippen molar-refractivity contribution in [2.45, 2.75) is 25.9 Å². The molecule has 1 N–H and O–H groups in total. The number of anilines is 1. The maximum Gasteiger partial charge on any atom is 0.573 e. The summed E-state index contributed by atoms with van der Waals surface area (Å²) in [5.74, 6) is -0.996. The molecule has 2 amide bonds. The van der Waals surface area contributed by atoms with E-state index in [1.54, 1.807) is 25.1 Å². The van der Waals surface area contributed by atoms with Crippen LogP contribution in [-0.4, -0.2) is 42.3 Å². The van der Waals surface area contributed by atoms with Crippen molar-refractivity contribution in [2.75, 3.05) is 18.5 Å². The number of fused-ring (bicyclic) bond motifs is 1. The Balaban J connectivity index is 1.51. The third-order valence-electron chi connectivity index (χ3n) is 5.62. The normalized spacial score (nSPS) is 15.9. The van der Waals surface area contributed by atoms with Crippen LogP contribution in [0, 0.1) is 0 Å². The van der Waals surface area contributed by atoms with E-state index in [9.17, 15) is 22.8 Å². The average molecular weight is 484 g/mol. The largest absolute Gasteiger partial charge is 0.573 e. The van der Waals surface area contributed by atoms with Crippen LogP contribution in [0.4, 0.5) is 18.9 Å². The molecule has 3 aromatic rings. The summed E-state index contributed by atoms with van der Waals surface area (Å²) >= 11 is 0. The van der Waals surface area contributed by atoms with Crippen molar-refractivity contribution < 1.29 is 32.2 Å². The molecule has 0 aliphatic carbocycles. The fourth-order valence-electron chi connectivity index (χ4n) is 3.79. The Labute approximate surface area is 200 Å². The number of benzene rings is 3. The Bertz CT molecular complexity index is 1200. The van der Waals surface area contributed by atoms with Gasteiger partial charge in [-0.05, 0) is 47.9 Å². The highest BCUT2D eigenvalue weighted by Gasteiger charge is 2.33. The van der Waals surface area contributed by atoms with E-state index in [4.69, 9.17) is 4.74 Å². The predicted molar refractivity (Wildman–Crippen MR) is 124 cm³/mol. The lowest BCUT2D eigenvalue weighted by atomic mass is 10.0. The molecule has 1 aliphatic rings. The minimum Gasteiger partial charge on any atom is -0.406 e. The number of alkyl halides is 3. The summed E-state index contributed by atoms with van der Waals surface area (Å²) in [7, 11) is 0. The van der Waals surface area contributed by atoms with Gasteiger partial charge in [-0.15, -0.1) is 13.2 Å². The molecule has 0 fully saturated rings. The van der Waals surface area contributed by atoms with E-state index < -0.39 is 12.4 Å². The van der Waals surface area contributed by atoms with Crippen LogP contribution < -0.4 is 10.1 Å². The molecule has 35 heavy (non-hydrogen) atoms. The van der Waals surface area contributed by atoms with Crippen molar-refractivity contribution in [1.29, 1.82) is 0 Å². The Kier molecular flexibility index (Phi) is 7.07. The molecule has 0 bridgehead atoms. The molecular formula is C26H23F3N2O4. The number of amides is 2. The summed E-state index contributed by atoms with van der Waals surface area (Å²) in [6.07, 6.45) is -4.78. The molecule has 0 saturated carbocycles. The number of halogens is 3. The number of ether oxygens (including phenoxy) is 2. The van der Waals surface area contributed by atoms with Crippen molar-refractivity contribution in [2.24, 2.45) is 0 Å². The van der Waals surface area contributed by atoms with Crippen LogP contribution in [0.1, 0.15) is 22.8 Å². The fourth-order valence-corrected chi connectivity index (χ4v) is 3.79. The van der Waals surface area contributed by atoms with E-state index in [1.165, 1.54) is 29.2 Å². The van der Waals surface area contributed by atoms with Crippen LogP contribution in [0.5, 0.6) is 5.75 Å². The summed E-state index contributed by atoms with van der Waals surface area (Å²) in [6.45, 7) is 2.50. The second-order valence-electron chi connectivity index (χ2n) is 8.03. The lowest BCUT2D eigenvalue weighted by Crippen LogP contribution is -2.44. The van der Waals surface area contributed by atoms with E-state index in [0.29, 0.717) is 29.0 Å². The minimum absolute atomic E-state index is 0.216. The van der Waals surface area contributed by atoms with E-state index in [1.807, 2.05) is 30.3 Å². The van der Waals surface area contributed by atoms with Gasteiger partial charge in [-0.1, -0.05) is 48.5 Å². The van der Waals surface area contributed by atoms with Gasteiger partial charge in [0.25, 0.3) is 5.91 Å². The van der Waals surface area contributed by atoms with Gasteiger partial charge in [0.2, 0.25) is 5.91 Å². The first-order chi connectivity index (χ1) is 16.7. The van der Waals surface area contributed by atoms with Gasteiger partial charge < -0.3 is 19.7 Å². The van der Waals surface area contributed by atoms with E-state index in [0.717, 1.165) is 5.56 Å². The average Bonchev–Trinajstić information content (AvgIpc) is 2.91. The van der Waals surface area contributed by atoms with Crippen molar-refractivity contribution in [3.05, 3.63) is 83.9 Å². The summed E-state index contributed by atoms with van der Waals surface area (Å²) in [5, 5.41) is 2.78. The molecule has 0 spiro atoms. The third-order valence-corrected chi connectivity index (χ3v) is 5.62. The van der Waals surface area contributed by atoms with E-state index in [2.05, 4.69) is 10.1 Å². The Morgan fingerprint density at radius 1 is 0.943 bits per heavy atom. The number of carbonyl (C=O) groups excluding carboxylic acids is 2. The zero-order valence-corrected chi connectivity index (χ0v) is 18.8. The highest BCUT2D eigenvalue weighted by Crippen LogP contribution is 2.31. The van der Waals surface area contributed by atoms with E-state index >= 15 is 0 Å². The molecule has 1 heterocycles. The second kappa shape index (κ2) is 10.2. The van der Waals surface area contributed by atoms with Gasteiger partial charge >= 0.3 is 6.36 Å². The molecular weight excluding hydrogens is 461 g/mol. The molecule has 1 unspecified atom stereocenters. The zero-order chi connectivity index (χ0) is 25.0. The summed E-state index contributed by atoms with van der Waals surface area (Å²) in [6, 6.07) is 19.2. The SMILES string of the molecule is CC1C(=O)Nc2ccc(-c3ccc(OC(F)(F)F)cc3)cc2C(=O)N1CCOCc1ccccc1. The molecule has 0 radical (unpaired) electrons. The van der Waals surface area contributed by atoms with Crippen LogP contribution >= 0.6 is 0 Å². The first kappa shape index (κ1) is 24.3. The molecule has 1 aliphatic heterocycles. The van der Waals surface area contributed by atoms with Gasteiger partial charge in [0.05, 0.1) is 24.5 Å². The van der Waals surface area contributed by atoms with Gasteiger partial charge in [0.15, 0.2) is 0 Å². The van der Waals surface area contributed by atoms with Gasteiger partial charge in [0.1, 0.15) is 11.8 Å². The van der Waals surface area contributed by atoms with Crippen molar-refractivity contribution >= 4 is 17.5 Å². The Hall–Kier alpha value is -3.85. The Morgan fingerprint density at radius 3 is 2.31 bits per heavy atom. The van der Waals surface area contributed by atoms with Crippen molar-refractivity contribution in [3.63, 3.8) is 0 Å². The van der Waals surface area contributed by atoms with Gasteiger partial charge in [-0.2, -0.15) is 0 Å². The topological polar surface area (TPSA) is 67.9 Å². The standard InChI is InChI=1S/C26H23F3N2O4/c1-17-24(32)30-23-12-9-20(19-7-10-21(11-8-19)35-26(27,28)29)15-22(23)25(33)31(17)13-14-34-16-18-5-3-2-4-6-18/h2-12,15,17H,13-14,16H2,1H3,(H,30,32). The molecule has 3 aromatic carbocycles. The summed E-state index contributed by atoms with van der Waals surface area (Å²) in [4.78, 5) is 27.5. The molecule has 6 nitrogen and oxygen atoms in total. The van der Waals surface area contributed by atoms with Crippen LogP contribution in [0.15, 0.2) is 72.8 Å². The maximum absolute atomic E-state index is 13.4.